The molecule has 0 rings (SSSR count). The lowest BCUT2D eigenvalue weighted by atomic mass is 10.2. The minimum atomic E-state index is -1.09. The minimum absolute atomic E-state index is 0.440. The van der Waals surface area contributed by atoms with E-state index in [0.717, 1.165) is 0 Å². The molecule has 0 aromatic rings. The fraction of sp³-hybridized carbons (Fsp3) is 0.800. The first kappa shape index (κ1) is 8.39. The standard InChI is InChI=1S/C5H12N2O2/c1-3(6)4(8)5(9)7-2/h3-4,8H,6H2,1-2H3,(H,7,9)/t3?,4-/m1/s1. The summed E-state index contributed by atoms with van der Waals surface area (Å²) in [5, 5.41) is 11.1. The maximum atomic E-state index is 10.5. The lowest BCUT2D eigenvalue weighted by Crippen LogP contribution is -2.43. The topological polar surface area (TPSA) is 75.3 Å². The normalized spacial score (nSPS) is 16.4. The first-order chi connectivity index (χ1) is 4.09. The first-order valence-corrected chi connectivity index (χ1v) is 2.75. The second kappa shape index (κ2) is 3.42. The summed E-state index contributed by atoms with van der Waals surface area (Å²) in [6.45, 7) is 1.57. The van der Waals surface area contributed by atoms with Crippen LogP contribution in [-0.2, 0) is 4.79 Å². The number of hydrogen-bond donors (Lipinski definition) is 3. The fourth-order valence-corrected chi connectivity index (χ4v) is 0.387. The van der Waals surface area contributed by atoms with Crippen LogP contribution in [0.4, 0.5) is 0 Å². The van der Waals surface area contributed by atoms with E-state index in [0.29, 0.717) is 0 Å². The van der Waals surface area contributed by atoms with E-state index in [1.165, 1.54) is 7.05 Å². The zero-order valence-electron chi connectivity index (χ0n) is 5.59. The monoisotopic (exact) mass is 132 g/mol. The second-order valence-corrected chi connectivity index (χ2v) is 1.92. The van der Waals surface area contributed by atoms with Crippen molar-refractivity contribution in [2.45, 2.75) is 19.1 Å². The zero-order chi connectivity index (χ0) is 7.44. The van der Waals surface area contributed by atoms with Crippen molar-refractivity contribution in [3.63, 3.8) is 0 Å². The van der Waals surface area contributed by atoms with Gasteiger partial charge in [0.2, 0.25) is 5.91 Å². The van der Waals surface area contributed by atoms with Crippen LogP contribution in [-0.4, -0.2) is 30.2 Å². The average Bonchev–Trinajstić information content (AvgIpc) is 1.84. The molecule has 0 bridgehead atoms. The lowest BCUT2D eigenvalue weighted by molar-refractivity contribution is -0.129. The molecule has 0 fully saturated rings. The summed E-state index contributed by atoms with van der Waals surface area (Å²) >= 11 is 0. The number of nitrogens with one attached hydrogen (secondary N) is 1. The number of rotatable bonds is 2. The highest BCUT2D eigenvalue weighted by Crippen LogP contribution is 1.86. The minimum Gasteiger partial charge on any atom is -0.382 e. The van der Waals surface area contributed by atoms with Crippen LogP contribution < -0.4 is 11.1 Å². The second-order valence-electron chi connectivity index (χ2n) is 1.92. The molecule has 2 atom stereocenters. The number of aliphatic hydroxyl groups excluding tert-OH is 1. The molecule has 0 saturated carbocycles. The van der Waals surface area contributed by atoms with Gasteiger partial charge in [0.1, 0.15) is 6.10 Å². The molecule has 0 aliphatic heterocycles. The fourth-order valence-electron chi connectivity index (χ4n) is 0.387. The summed E-state index contributed by atoms with van der Waals surface area (Å²) in [5.41, 5.74) is 5.20. The predicted octanol–water partition coefficient (Wildman–Crippen LogP) is -1.56. The van der Waals surface area contributed by atoms with Gasteiger partial charge in [-0.05, 0) is 6.92 Å². The molecule has 0 aromatic carbocycles. The Kier molecular flexibility index (Phi) is 3.19. The molecule has 0 radical (unpaired) electrons. The number of nitrogens with two attached hydrogens (primary N) is 1. The summed E-state index contributed by atoms with van der Waals surface area (Å²) in [5.74, 6) is -0.440. The van der Waals surface area contributed by atoms with Gasteiger partial charge in [0.25, 0.3) is 0 Å². The molecule has 54 valence electrons. The molecular formula is C5H12N2O2. The van der Waals surface area contributed by atoms with E-state index < -0.39 is 18.1 Å². The van der Waals surface area contributed by atoms with Gasteiger partial charge in [0.15, 0.2) is 0 Å². The van der Waals surface area contributed by atoms with E-state index in [1.807, 2.05) is 0 Å². The molecule has 0 spiro atoms. The number of hydrogen-bond acceptors (Lipinski definition) is 3. The molecule has 0 heterocycles. The molecule has 1 amide bonds. The molecule has 1 unspecified atom stereocenters. The first-order valence-electron chi connectivity index (χ1n) is 2.75. The van der Waals surface area contributed by atoms with E-state index in [-0.39, 0.29) is 0 Å². The zero-order valence-corrected chi connectivity index (χ0v) is 5.59. The van der Waals surface area contributed by atoms with Crippen molar-refractivity contribution in [3.05, 3.63) is 0 Å². The van der Waals surface area contributed by atoms with Crippen molar-refractivity contribution in [1.29, 1.82) is 0 Å². The molecule has 4 nitrogen and oxygen atoms in total. The Morgan fingerprint density at radius 2 is 2.22 bits per heavy atom. The third kappa shape index (κ3) is 2.43. The molecule has 0 saturated heterocycles. The van der Waals surface area contributed by atoms with E-state index >= 15 is 0 Å². The predicted molar refractivity (Wildman–Crippen MR) is 33.7 cm³/mol. The van der Waals surface area contributed by atoms with Gasteiger partial charge in [-0.1, -0.05) is 0 Å². The number of likely N-dealkylation sites (N-methyl/N-ethyl adjacent to an activating group) is 1. The van der Waals surface area contributed by atoms with Crippen LogP contribution in [0.2, 0.25) is 0 Å². The van der Waals surface area contributed by atoms with Crippen LogP contribution in [0.15, 0.2) is 0 Å². The Hall–Kier alpha value is -0.610. The van der Waals surface area contributed by atoms with Gasteiger partial charge in [-0.25, -0.2) is 0 Å². The quantitative estimate of drug-likeness (QED) is 0.425. The van der Waals surface area contributed by atoms with Crippen LogP contribution in [0.1, 0.15) is 6.92 Å². The van der Waals surface area contributed by atoms with Gasteiger partial charge in [0, 0.05) is 13.1 Å². The summed E-state index contributed by atoms with van der Waals surface area (Å²) in [4.78, 5) is 10.5. The number of carbonyl (C=O) groups is 1. The molecule has 0 aliphatic rings. The van der Waals surface area contributed by atoms with Gasteiger partial charge >= 0.3 is 0 Å². The smallest absolute Gasteiger partial charge is 0.250 e. The van der Waals surface area contributed by atoms with Crippen molar-refractivity contribution >= 4 is 5.91 Å². The van der Waals surface area contributed by atoms with Crippen LogP contribution in [0.25, 0.3) is 0 Å². The maximum Gasteiger partial charge on any atom is 0.250 e. The van der Waals surface area contributed by atoms with Crippen molar-refractivity contribution in [2.24, 2.45) is 5.73 Å². The molecule has 4 N–H and O–H groups in total. The summed E-state index contributed by atoms with van der Waals surface area (Å²) < 4.78 is 0. The summed E-state index contributed by atoms with van der Waals surface area (Å²) in [7, 11) is 1.45. The number of amides is 1. The van der Waals surface area contributed by atoms with Gasteiger partial charge < -0.3 is 16.2 Å². The van der Waals surface area contributed by atoms with E-state index in [2.05, 4.69) is 5.32 Å². The van der Waals surface area contributed by atoms with Gasteiger partial charge in [-0.2, -0.15) is 0 Å². The van der Waals surface area contributed by atoms with Crippen molar-refractivity contribution < 1.29 is 9.90 Å². The maximum absolute atomic E-state index is 10.5. The molecular weight excluding hydrogens is 120 g/mol. The molecule has 9 heavy (non-hydrogen) atoms. The lowest BCUT2D eigenvalue weighted by Gasteiger charge is -2.11. The number of aliphatic hydroxyl groups is 1. The summed E-state index contributed by atoms with van der Waals surface area (Å²) in [6.07, 6.45) is -1.09. The van der Waals surface area contributed by atoms with E-state index in [4.69, 9.17) is 10.8 Å². The van der Waals surface area contributed by atoms with Gasteiger partial charge in [0.05, 0.1) is 0 Å². The van der Waals surface area contributed by atoms with Crippen molar-refractivity contribution in [3.8, 4) is 0 Å². The molecule has 0 aromatic heterocycles. The highest BCUT2D eigenvalue weighted by molar-refractivity contribution is 5.80. The average molecular weight is 132 g/mol. The van der Waals surface area contributed by atoms with E-state index in [1.54, 1.807) is 6.92 Å². The Bertz CT molecular complexity index is 103. The van der Waals surface area contributed by atoms with Gasteiger partial charge in [-0.15, -0.1) is 0 Å². The van der Waals surface area contributed by atoms with Crippen molar-refractivity contribution in [1.82, 2.24) is 5.32 Å². The molecule has 4 heteroatoms. The third-order valence-electron chi connectivity index (χ3n) is 1.01. The Morgan fingerprint density at radius 3 is 2.33 bits per heavy atom. The van der Waals surface area contributed by atoms with Crippen LogP contribution in [0.3, 0.4) is 0 Å². The van der Waals surface area contributed by atoms with Crippen LogP contribution in [0.5, 0.6) is 0 Å². The SMILES string of the molecule is CNC(=O)[C@H](O)C(C)N. The Labute approximate surface area is 54.0 Å². The molecule has 0 aliphatic carbocycles. The highest BCUT2D eigenvalue weighted by atomic mass is 16.3. The van der Waals surface area contributed by atoms with E-state index in [9.17, 15) is 4.79 Å². The van der Waals surface area contributed by atoms with Crippen molar-refractivity contribution in [2.75, 3.05) is 7.05 Å². The Morgan fingerprint density at radius 1 is 1.78 bits per heavy atom. The number of carbonyl (C=O) groups excluding carboxylic acids is 1. The van der Waals surface area contributed by atoms with Crippen LogP contribution >= 0.6 is 0 Å². The summed E-state index contributed by atoms with van der Waals surface area (Å²) in [6, 6.07) is -0.509. The van der Waals surface area contributed by atoms with Crippen LogP contribution in [0, 0.1) is 0 Å². The largest absolute Gasteiger partial charge is 0.382 e. The Balaban J connectivity index is 3.72. The highest BCUT2D eigenvalue weighted by Gasteiger charge is 2.16. The third-order valence-corrected chi connectivity index (χ3v) is 1.01. The van der Waals surface area contributed by atoms with Gasteiger partial charge in [-0.3, -0.25) is 4.79 Å².